The monoisotopic (exact) mass is 430 g/mol. The third-order valence-corrected chi connectivity index (χ3v) is 5.42. The van der Waals surface area contributed by atoms with Gasteiger partial charge in [0, 0.05) is 12.6 Å². The minimum absolute atomic E-state index is 0.0321. The molecule has 1 saturated heterocycles. The van der Waals surface area contributed by atoms with Gasteiger partial charge in [0.05, 0.1) is 17.6 Å². The van der Waals surface area contributed by atoms with E-state index >= 15 is 0 Å². The average Bonchev–Trinajstić information content (AvgIpc) is 2.97. The number of carbonyl (C=O) groups is 3. The van der Waals surface area contributed by atoms with Crippen LogP contribution in [0.15, 0.2) is 53.4 Å². The minimum atomic E-state index is -1.00. The molecule has 2 aromatic carbocycles. The van der Waals surface area contributed by atoms with E-state index in [-0.39, 0.29) is 22.8 Å². The van der Waals surface area contributed by atoms with Crippen molar-refractivity contribution >= 4 is 34.9 Å². The smallest absolute Gasteiger partial charge is 0.294 e. The number of halogens is 1. The van der Waals surface area contributed by atoms with E-state index in [1.165, 1.54) is 60.5 Å². The highest BCUT2D eigenvalue weighted by Gasteiger charge is 2.37. The third-order valence-electron chi connectivity index (χ3n) is 4.51. The number of likely N-dealkylation sites (N-methyl/N-ethyl adjacent to an activating group) is 1. The normalized spacial score (nSPS) is 16.2. The van der Waals surface area contributed by atoms with Crippen molar-refractivity contribution in [3.05, 3.63) is 70.4 Å². The van der Waals surface area contributed by atoms with Crippen LogP contribution in [0.4, 0.5) is 9.18 Å². The molecule has 0 bridgehead atoms. The fourth-order valence-corrected chi connectivity index (χ4v) is 3.62. The van der Waals surface area contributed by atoms with Gasteiger partial charge in [0.2, 0.25) is 5.91 Å². The number of hydrogen-bond donors (Lipinski definition) is 2. The molecule has 2 aromatic rings. The van der Waals surface area contributed by atoms with E-state index in [2.05, 4.69) is 0 Å². The summed E-state index contributed by atoms with van der Waals surface area (Å²) in [7, 11) is 1.44. The number of aliphatic hydroxyl groups excluding tert-OH is 1. The second-order valence-corrected chi connectivity index (χ2v) is 7.66. The molecular weight excluding hydrogens is 411 g/mol. The first-order chi connectivity index (χ1) is 14.3. The molecule has 3 amide bonds. The van der Waals surface area contributed by atoms with E-state index in [9.17, 15) is 29.0 Å². The van der Waals surface area contributed by atoms with Gasteiger partial charge < -0.3 is 15.1 Å². The molecule has 30 heavy (non-hydrogen) atoms. The van der Waals surface area contributed by atoms with Crippen molar-refractivity contribution in [2.24, 2.45) is 0 Å². The molecule has 0 spiro atoms. The minimum Gasteiger partial charge on any atom is -0.508 e. The van der Waals surface area contributed by atoms with Crippen LogP contribution in [0.3, 0.4) is 0 Å². The molecule has 1 aliphatic heterocycles. The Labute approximate surface area is 176 Å². The first-order valence-corrected chi connectivity index (χ1v) is 9.78. The average molecular weight is 430 g/mol. The predicted molar refractivity (Wildman–Crippen MR) is 110 cm³/mol. The molecule has 0 radical (unpaired) electrons. The summed E-state index contributed by atoms with van der Waals surface area (Å²) in [6.07, 6.45) is 0.277. The summed E-state index contributed by atoms with van der Waals surface area (Å²) >= 11 is 0.639. The molecule has 156 valence electrons. The number of aromatic hydroxyl groups is 1. The number of amides is 3. The van der Waals surface area contributed by atoms with Gasteiger partial charge in [0.1, 0.15) is 18.1 Å². The Kier molecular flexibility index (Phi) is 6.53. The van der Waals surface area contributed by atoms with E-state index in [4.69, 9.17) is 0 Å². The lowest BCUT2D eigenvalue weighted by molar-refractivity contribution is -0.135. The number of rotatable bonds is 6. The Balaban J connectivity index is 1.64. The van der Waals surface area contributed by atoms with Crippen LogP contribution in [0.1, 0.15) is 17.2 Å². The van der Waals surface area contributed by atoms with E-state index in [0.717, 1.165) is 4.90 Å². The van der Waals surface area contributed by atoms with Crippen molar-refractivity contribution < 1.29 is 29.0 Å². The van der Waals surface area contributed by atoms with Crippen molar-refractivity contribution in [3.63, 3.8) is 0 Å². The van der Waals surface area contributed by atoms with Gasteiger partial charge in [0.25, 0.3) is 11.1 Å². The van der Waals surface area contributed by atoms with Crippen LogP contribution >= 0.6 is 11.8 Å². The lowest BCUT2D eigenvalue weighted by Gasteiger charge is -2.23. The van der Waals surface area contributed by atoms with Crippen molar-refractivity contribution in [1.82, 2.24) is 9.80 Å². The number of phenolic OH excluding ortho intramolecular Hbond substituents is 1. The maximum atomic E-state index is 13.8. The zero-order chi connectivity index (χ0) is 21.8. The van der Waals surface area contributed by atoms with Gasteiger partial charge in [-0.15, -0.1) is 0 Å². The fourth-order valence-electron chi connectivity index (χ4n) is 2.79. The van der Waals surface area contributed by atoms with Crippen LogP contribution in [0, 0.1) is 5.82 Å². The molecule has 0 aromatic heterocycles. The molecule has 1 heterocycles. The van der Waals surface area contributed by atoms with Crippen LogP contribution in [0.2, 0.25) is 0 Å². The van der Waals surface area contributed by atoms with Crippen LogP contribution < -0.4 is 0 Å². The zero-order valence-corrected chi connectivity index (χ0v) is 16.8. The fraction of sp³-hybridized carbons (Fsp3) is 0.190. The van der Waals surface area contributed by atoms with E-state index in [0.29, 0.717) is 17.3 Å². The van der Waals surface area contributed by atoms with Crippen LogP contribution in [0.25, 0.3) is 6.08 Å². The molecule has 1 aliphatic rings. The quantitative estimate of drug-likeness (QED) is 0.684. The molecule has 1 atom stereocenters. The van der Waals surface area contributed by atoms with Gasteiger partial charge in [-0.2, -0.15) is 0 Å². The molecule has 9 heteroatoms. The molecule has 0 saturated carbocycles. The van der Waals surface area contributed by atoms with E-state index in [1.807, 2.05) is 0 Å². The summed E-state index contributed by atoms with van der Waals surface area (Å²) in [5, 5.41) is 18.9. The molecule has 0 aliphatic carbocycles. The highest BCUT2D eigenvalue weighted by molar-refractivity contribution is 8.18. The molecule has 1 unspecified atom stereocenters. The summed E-state index contributed by atoms with van der Waals surface area (Å²) in [5.74, 6) is -1.68. The Morgan fingerprint density at radius 3 is 2.53 bits per heavy atom. The van der Waals surface area contributed by atoms with E-state index in [1.54, 1.807) is 6.07 Å². The second kappa shape index (κ2) is 9.10. The maximum absolute atomic E-state index is 13.8. The Bertz CT molecular complexity index is 1010. The number of aliphatic hydroxyl groups is 1. The molecule has 7 nitrogen and oxygen atoms in total. The van der Waals surface area contributed by atoms with Crippen molar-refractivity contribution in [2.45, 2.75) is 6.10 Å². The van der Waals surface area contributed by atoms with Crippen molar-refractivity contribution in [2.75, 3.05) is 20.1 Å². The van der Waals surface area contributed by atoms with Gasteiger partial charge in [-0.25, -0.2) is 4.39 Å². The van der Waals surface area contributed by atoms with Crippen LogP contribution in [-0.2, 0) is 9.59 Å². The van der Waals surface area contributed by atoms with Crippen molar-refractivity contribution in [1.29, 1.82) is 0 Å². The number of phenols is 1. The molecule has 2 N–H and O–H groups in total. The second-order valence-electron chi connectivity index (χ2n) is 6.67. The van der Waals surface area contributed by atoms with Gasteiger partial charge in [-0.05, 0) is 41.6 Å². The van der Waals surface area contributed by atoms with Gasteiger partial charge in [-0.1, -0.05) is 30.3 Å². The third kappa shape index (κ3) is 4.87. The summed E-state index contributed by atoms with van der Waals surface area (Å²) in [4.78, 5) is 39.2. The largest absolute Gasteiger partial charge is 0.508 e. The number of nitrogens with zero attached hydrogens (tertiary/aromatic N) is 2. The Morgan fingerprint density at radius 1 is 1.20 bits per heavy atom. The first kappa shape index (κ1) is 21.5. The van der Waals surface area contributed by atoms with Crippen molar-refractivity contribution in [3.8, 4) is 5.75 Å². The summed E-state index contributed by atoms with van der Waals surface area (Å²) in [5.41, 5.74) is 0.676. The van der Waals surface area contributed by atoms with Crippen LogP contribution in [-0.4, -0.2) is 57.2 Å². The first-order valence-electron chi connectivity index (χ1n) is 8.97. The summed E-state index contributed by atoms with van der Waals surface area (Å²) < 4.78 is 13.8. The van der Waals surface area contributed by atoms with Gasteiger partial charge in [0.15, 0.2) is 0 Å². The number of carbonyl (C=O) groups excluding carboxylic acids is 3. The Hall–Kier alpha value is -3.17. The lowest BCUT2D eigenvalue weighted by Crippen LogP contribution is -2.41. The number of hydrogen-bond acceptors (Lipinski definition) is 6. The van der Waals surface area contributed by atoms with Gasteiger partial charge in [-0.3, -0.25) is 19.3 Å². The topological polar surface area (TPSA) is 98.2 Å². The SMILES string of the molecule is CN(CC(O)c1ccc(O)cc1)C(=O)CN1C(=O)SC(=Cc2ccccc2F)C1=O. The number of imide groups is 1. The number of benzene rings is 2. The highest BCUT2D eigenvalue weighted by atomic mass is 32.2. The molecule has 3 rings (SSSR count). The standard InChI is InChI=1S/C21H19FN2O5S/c1-23(11-17(26)13-6-8-15(25)9-7-13)19(27)12-24-20(28)18(30-21(24)29)10-14-4-2-3-5-16(14)22/h2-10,17,25-26H,11-12H2,1H3. The maximum Gasteiger partial charge on any atom is 0.294 e. The summed E-state index contributed by atoms with van der Waals surface area (Å²) in [6.45, 7) is -0.553. The molecular formula is C21H19FN2O5S. The predicted octanol–water partition coefficient (Wildman–Crippen LogP) is 2.76. The summed E-state index contributed by atoms with van der Waals surface area (Å²) in [6, 6.07) is 11.7. The van der Waals surface area contributed by atoms with E-state index < -0.39 is 35.5 Å². The number of thioether (sulfide) groups is 1. The lowest BCUT2D eigenvalue weighted by atomic mass is 10.1. The Morgan fingerprint density at radius 2 is 1.87 bits per heavy atom. The highest BCUT2D eigenvalue weighted by Crippen LogP contribution is 2.32. The van der Waals surface area contributed by atoms with Gasteiger partial charge >= 0.3 is 0 Å². The molecule has 1 fully saturated rings. The zero-order valence-electron chi connectivity index (χ0n) is 16.0. The van der Waals surface area contributed by atoms with Crippen LogP contribution in [0.5, 0.6) is 5.75 Å².